The van der Waals surface area contributed by atoms with Gasteiger partial charge in [0.25, 0.3) is 0 Å². The Bertz CT molecular complexity index is 609. The highest BCUT2D eigenvalue weighted by Gasteiger charge is 2.27. The highest BCUT2D eigenvalue weighted by Crippen LogP contribution is 2.36. The zero-order valence-electron chi connectivity index (χ0n) is 12.1. The first kappa shape index (κ1) is 13.0. The molecule has 2 aromatic rings. The van der Waals surface area contributed by atoms with Crippen molar-refractivity contribution in [3.05, 3.63) is 47.0 Å². The second-order valence-corrected chi connectivity index (χ2v) is 5.33. The van der Waals surface area contributed by atoms with Crippen molar-refractivity contribution in [1.82, 2.24) is 15.0 Å². The van der Waals surface area contributed by atoms with Crippen LogP contribution in [-0.4, -0.2) is 21.5 Å². The predicted octanol–water partition coefficient (Wildman–Crippen LogP) is 3.08. The maximum Gasteiger partial charge on any atom is 0.222 e. The van der Waals surface area contributed by atoms with Crippen LogP contribution in [0.5, 0.6) is 0 Å². The van der Waals surface area contributed by atoms with Crippen LogP contribution in [0, 0.1) is 6.92 Å². The highest BCUT2D eigenvalue weighted by atomic mass is 15.1. The van der Waals surface area contributed by atoms with Crippen LogP contribution < -0.4 is 5.32 Å². The second kappa shape index (κ2) is 5.57. The van der Waals surface area contributed by atoms with Gasteiger partial charge in [0.1, 0.15) is 0 Å². The normalized spacial score (nSPS) is 17.0. The molecule has 0 aromatic carbocycles. The summed E-state index contributed by atoms with van der Waals surface area (Å²) in [5.41, 5.74) is 4.82. The largest absolute Gasteiger partial charge is 0.354 e. The molecule has 2 heterocycles. The summed E-state index contributed by atoms with van der Waals surface area (Å²) in [5.74, 6) is 1.05. The molecule has 0 spiro atoms. The summed E-state index contributed by atoms with van der Waals surface area (Å²) in [5, 5.41) is 3.27. The van der Waals surface area contributed by atoms with Crippen molar-refractivity contribution >= 4 is 5.95 Å². The van der Waals surface area contributed by atoms with Gasteiger partial charge in [0.15, 0.2) is 0 Å². The number of pyridine rings is 1. The fourth-order valence-corrected chi connectivity index (χ4v) is 2.81. The van der Waals surface area contributed by atoms with Crippen molar-refractivity contribution in [3.8, 4) is 0 Å². The van der Waals surface area contributed by atoms with E-state index in [2.05, 4.69) is 35.2 Å². The van der Waals surface area contributed by atoms with E-state index in [1.807, 2.05) is 18.5 Å². The van der Waals surface area contributed by atoms with Crippen LogP contribution in [0.25, 0.3) is 0 Å². The van der Waals surface area contributed by atoms with Crippen molar-refractivity contribution in [2.45, 2.75) is 39.0 Å². The topological polar surface area (TPSA) is 50.7 Å². The Morgan fingerprint density at radius 2 is 2.20 bits per heavy atom. The van der Waals surface area contributed by atoms with E-state index in [1.54, 1.807) is 0 Å². The maximum atomic E-state index is 4.73. The Kier molecular flexibility index (Phi) is 3.63. The van der Waals surface area contributed by atoms with Crippen LogP contribution >= 0.6 is 0 Å². The molecule has 0 aliphatic heterocycles. The van der Waals surface area contributed by atoms with Gasteiger partial charge in [-0.1, -0.05) is 13.0 Å². The van der Waals surface area contributed by atoms with Crippen LogP contribution in [-0.2, 0) is 6.42 Å². The van der Waals surface area contributed by atoms with Gasteiger partial charge >= 0.3 is 0 Å². The fourth-order valence-electron chi connectivity index (χ4n) is 2.81. The third-order valence-electron chi connectivity index (χ3n) is 3.83. The number of hydrogen-bond donors (Lipinski definition) is 1. The molecule has 2 aromatic heterocycles. The molecule has 1 unspecified atom stereocenters. The van der Waals surface area contributed by atoms with E-state index in [0.29, 0.717) is 5.92 Å². The minimum Gasteiger partial charge on any atom is -0.354 e. The van der Waals surface area contributed by atoms with Crippen LogP contribution in [0.2, 0.25) is 0 Å². The number of nitrogens with zero attached hydrogens (tertiary/aromatic N) is 3. The number of anilines is 1. The zero-order chi connectivity index (χ0) is 13.9. The van der Waals surface area contributed by atoms with Crippen molar-refractivity contribution in [1.29, 1.82) is 0 Å². The van der Waals surface area contributed by atoms with Gasteiger partial charge in [0.05, 0.1) is 11.4 Å². The standard InChI is InChI=1S/C16H20N4/c1-3-8-18-16-19-10-11(2)14(20-16)13-7-6-12-5-4-9-17-15(12)13/h4-5,9-10,13H,3,6-8H2,1-2H3,(H,18,19,20). The molecule has 1 aliphatic rings. The van der Waals surface area contributed by atoms with E-state index in [4.69, 9.17) is 4.98 Å². The van der Waals surface area contributed by atoms with Crippen LogP contribution in [0.4, 0.5) is 5.95 Å². The molecule has 0 bridgehead atoms. The summed E-state index contributed by atoms with van der Waals surface area (Å²) >= 11 is 0. The molecule has 104 valence electrons. The van der Waals surface area contributed by atoms with Crippen molar-refractivity contribution < 1.29 is 0 Å². The highest BCUT2D eigenvalue weighted by molar-refractivity contribution is 5.40. The number of aryl methyl sites for hydroxylation is 2. The van der Waals surface area contributed by atoms with Gasteiger partial charge in [-0.2, -0.15) is 0 Å². The summed E-state index contributed by atoms with van der Waals surface area (Å²) in [4.78, 5) is 13.7. The molecular formula is C16H20N4. The molecule has 0 amide bonds. The minimum absolute atomic E-state index is 0.316. The van der Waals surface area contributed by atoms with E-state index in [0.717, 1.165) is 43.0 Å². The van der Waals surface area contributed by atoms with Gasteiger partial charge in [-0.15, -0.1) is 0 Å². The molecule has 0 fully saturated rings. The lowest BCUT2D eigenvalue weighted by molar-refractivity contribution is 0.734. The monoisotopic (exact) mass is 268 g/mol. The molecule has 4 nitrogen and oxygen atoms in total. The van der Waals surface area contributed by atoms with Gasteiger partial charge in [0, 0.05) is 24.9 Å². The third-order valence-corrected chi connectivity index (χ3v) is 3.83. The molecule has 1 aliphatic carbocycles. The van der Waals surface area contributed by atoms with Gasteiger partial charge < -0.3 is 5.32 Å². The molecule has 1 atom stereocenters. The Hall–Kier alpha value is -1.97. The second-order valence-electron chi connectivity index (χ2n) is 5.33. The Morgan fingerprint density at radius 3 is 3.05 bits per heavy atom. The van der Waals surface area contributed by atoms with Gasteiger partial charge in [-0.05, 0) is 43.4 Å². The molecule has 0 saturated carbocycles. The Morgan fingerprint density at radius 1 is 1.30 bits per heavy atom. The maximum absolute atomic E-state index is 4.73. The van der Waals surface area contributed by atoms with E-state index in [9.17, 15) is 0 Å². The first-order chi connectivity index (χ1) is 9.79. The van der Waals surface area contributed by atoms with Crippen molar-refractivity contribution in [3.63, 3.8) is 0 Å². The smallest absolute Gasteiger partial charge is 0.222 e. The van der Waals surface area contributed by atoms with Crippen LogP contribution in [0.15, 0.2) is 24.5 Å². The van der Waals surface area contributed by atoms with Gasteiger partial charge in [-0.3, -0.25) is 4.98 Å². The van der Waals surface area contributed by atoms with E-state index >= 15 is 0 Å². The number of aromatic nitrogens is 3. The lowest BCUT2D eigenvalue weighted by atomic mass is 9.99. The summed E-state index contributed by atoms with van der Waals surface area (Å²) in [6.07, 6.45) is 7.05. The molecule has 3 rings (SSSR count). The fraction of sp³-hybridized carbons (Fsp3) is 0.438. The number of rotatable bonds is 4. The molecule has 4 heteroatoms. The molecular weight excluding hydrogens is 248 g/mol. The number of nitrogens with one attached hydrogen (secondary N) is 1. The van der Waals surface area contributed by atoms with Crippen molar-refractivity contribution in [2.75, 3.05) is 11.9 Å². The SMILES string of the molecule is CCCNc1ncc(C)c(C2CCc3cccnc32)n1. The van der Waals surface area contributed by atoms with Gasteiger partial charge in [-0.25, -0.2) is 9.97 Å². The summed E-state index contributed by atoms with van der Waals surface area (Å²) in [6, 6.07) is 4.19. The van der Waals surface area contributed by atoms with E-state index < -0.39 is 0 Å². The van der Waals surface area contributed by atoms with Gasteiger partial charge in [0.2, 0.25) is 5.95 Å². The number of hydrogen-bond acceptors (Lipinski definition) is 4. The molecule has 20 heavy (non-hydrogen) atoms. The molecule has 1 N–H and O–H groups in total. The Labute approximate surface area is 119 Å². The average molecular weight is 268 g/mol. The summed E-state index contributed by atoms with van der Waals surface area (Å²) in [6.45, 7) is 5.13. The quantitative estimate of drug-likeness (QED) is 0.925. The Balaban J connectivity index is 1.94. The number of fused-ring (bicyclic) bond motifs is 1. The van der Waals surface area contributed by atoms with Crippen LogP contribution in [0.3, 0.4) is 0 Å². The average Bonchev–Trinajstić information content (AvgIpc) is 2.90. The lowest BCUT2D eigenvalue weighted by Gasteiger charge is -2.14. The third kappa shape index (κ3) is 2.38. The molecule has 0 radical (unpaired) electrons. The summed E-state index contributed by atoms with van der Waals surface area (Å²) < 4.78 is 0. The van der Waals surface area contributed by atoms with Crippen LogP contribution in [0.1, 0.15) is 48.2 Å². The minimum atomic E-state index is 0.316. The first-order valence-electron chi connectivity index (χ1n) is 7.30. The van der Waals surface area contributed by atoms with E-state index in [1.165, 1.54) is 11.3 Å². The first-order valence-corrected chi connectivity index (χ1v) is 7.30. The lowest BCUT2D eigenvalue weighted by Crippen LogP contribution is -2.10. The van der Waals surface area contributed by atoms with E-state index in [-0.39, 0.29) is 0 Å². The predicted molar refractivity (Wildman–Crippen MR) is 80.0 cm³/mol. The molecule has 0 saturated heterocycles. The zero-order valence-corrected chi connectivity index (χ0v) is 12.1. The van der Waals surface area contributed by atoms with Crippen molar-refractivity contribution in [2.24, 2.45) is 0 Å². The summed E-state index contributed by atoms with van der Waals surface area (Å²) in [7, 11) is 0.